The van der Waals surface area contributed by atoms with Gasteiger partial charge in [-0.3, -0.25) is 0 Å². The largest absolute Gasteiger partial charge is 0.493 e. The molecule has 1 amide bonds. The highest BCUT2D eigenvalue weighted by molar-refractivity contribution is 6.99. The van der Waals surface area contributed by atoms with E-state index in [4.69, 9.17) is 18.6 Å². The van der Waals surface area contributed by atoms with Crippen molar-refractivity contribution in [1.82, 2.24) is 4.90 Å². The lowest BCUT2D eigenvalue weighted by Crippen LogP contribution is -2.66. The summed E-state index contributed by atoms with van der Waals surface area (Å²) < 4.78 is 24.0. The third kappa shape index (κ3) is 8.51. The quantitative estimate of drug-likeness (QED) is 0.115. The van der Waals surface area contributed by atoms with Gasteiger partial charge in [0.05, 0.1) is 26.4 Å². The van der Waals surface area contributed by atoms with Crippen molar-refractivity contribution in [3.8, 4) is 11.5 Å². The number of amides is 1. The highest BCUT2D eigenvalue weighted by Crippen LogP contribution is 2.41. The molecule has 3 aromatic rings. The fraction of sp³-hybridized carbons (Fsp3) is 0.475. The number of methoxy groups -OCH3 is 2. The van der Waals surface area contributed by atoms with Gasteiger partial charge in [-0.1, -0.05) is 88.0 Å². The van der Waals surface area contributed by atoms with E-state index in [1.807, 2.05) is 32.9 Å². The van der Waals surface area contributed by atoms with Crippen molar-refractivity contribution in [2.45, 2.75) is 96.4 Å². The number of hydrogen-bond acceptors (Lipinski definition) is 6. The van der Waals surface area contributed by atoms with Gasteiger partial charge in [-0.2, -0.15) is 0 Å². The van der Waals surface area contributed by atoms with Gasteiger partial charge in [-0.15, -0.1) is 0 Å². The van der Waals surface area contributed by atoms with Gasteiger partial charge in [0.2, 0.25) is 0 Å². The Balaban J connectivity index is 1.46. The van der Waals surface area contributed by atoms with Crippen molar-refractivity contribution in [2.24, 2.45) is 0 Å². The van der Waals surface area contributed by atoms with Crippen LogP contribution in [0.15, 0.2) is 84.9 Å². The fourth-order valence-electron chi connectivity index (χ4n) is 6.81. The maximum absolute atomic E-state index is 13.4. The first-order valence-corrected chi connectivity index (χ1v) is 19.0. The molecule has 1 heterocycles. The topological polar surface area (TPSA) is 77.5 Å². The van der Waals surface area contributed by atoms with Crippen LogP contribution in [-0.4, -0.2) is 63.5 Å². The average Bonchev–Trinajstić information content (AvgIpc) is 3.05. The van der Waals surface area contributed by atoms with E-state index >= 15 is 0 Å². The molecule has 8 heteroatoms. The van der Waals surface area contributed by atoms with Gasteiger partial charge in [0.1, 0.15) is 5.60 Å². The van der Waals surface area contributed by atoms with Crippen LogP contribution in [0.5, 0.6) is 11.5 Å². The molecular weight excluding hydrogens is 619 g/mol. The van der Waals surface area contributed by atoms with Crippen LogP contribution < -0.4 is 19.8 Å². The molecule has 1 aliphatic rings. The second-order valence-electron chi connectivity index (χ2n) is 14.7. The normalized spacial score (nSPS) is 15.8. The van der Waals surface area contributed by atoms with E-state index in [-0.39, 0.29) is 5.04 Å². The summed E-state index contributed by atoms with van der Waals surface area (Å²) in [5.74, 6) is 1.23. The fourth-order valence-corrected chi connectivity index (χ4v) is 11.4. The van der Waals surface area contributed by atoms with Crippen LogP contribution >= 0.6 is 0 Å². The lowest BCUT2D eigenvalue weighted by molar-refractivity contribution is 0.00899. The molecular formula is C40H55NO6Si. The Hall–Kier alpha value is -3.59. The van der Waals surface area contributed by atoms with Crippen LogP contribution in [0.25, 0.3) is 0 Å². The highest BCUT2D eigenvalue weighted by atomic mass is 28.4. The molecule has 7 nitrogen and oxygen atoms in total. The first-order valence-electron chi connectivity index (χ1n) is 17.1. The first kappa shape index (κ1) is 37.2. The zero-order valence-corrected chi connectivity index (χ0v) is 31.2. The second kappa shape index (κ2) is 15.7. The molecule has 0 saturated carbocycles. The van der Waals surface area contributed by atoms with Crippen LogP contribution in [0.1, 0.15) is 84.4 Å². The maximum Gasteiger partial charge on any atom is 0.410 e. The molecule has 1 aliphatic heterocycles. The van der Waals surface area contributed by atoms with Gasteiger partial charge in [0.15, 0.2) is 11.5 Å². The van der Waals surface area contributed by atoms with Crippen molar-refractivity contribution in [1.29, 1.82) is 0 Å². The molecule has 0 spiro atoms. The number of unbranched alkanes of at least 4 members (excludes halogenated alkanes) is 1. The summed E-state index contributed by atoms with van der Waals surface area (Å²) in [7, 11) is 0.613. The molecule has 0 radical (unpaired) electrons. The number of rotatable bonds is 13. The number of nitrogens with zero attached hydrogens (tertiary/aromatic N) is 1. The van der Waals surface area contributed by atoms with Crippen molar-refractivity contribution in [3.05, 3.63) is 96.1 Å². The van der Waals surface area contributed by atoms with Crippen molar-refractivity contribution < 1.29 is 28.5 Å². The zero-order valence-electron chi connectivity index (χ0n) is 30.2. The Labute approximate surface area is 289 Å². The predicted molar refractivity (Wildman–Crippen MR) is 196 cm³/mol. The van der Waals surface area contributed by atoms with Crippen molar-refractivity contribution in [3.63, 3.8) is 0 Å². The molecule has 0 aromatic heterocycles. The monoisotopic (exact) mass is 673 g/mol. The second-order valence-corrected chi connectivity index (χ2v) is 19.0. The lowest BCUT2D eigenvalue weighted by atomic mass is 9.87. The minimum atomic E-state index is -2.60. The van der Waals surface area contributed by atoms with Gasteiger partial charge < -0.3 is 28.6 Å². The van der Waals surface area contributed by atoms with Crippen LogP contribution in [0, 0.1) is 0 Å². The summed E-state index contributed by atoms with van der Waals surface area (Å²) in [6, 6.07) is 24.8. The molecule has 1 N–H and O–H groups in total. The first-order chi connectivity index (χ1) is 22.7. The molecule has 3 aromatic carbocycles. The van der Waals surface area contributed by atoms with E-state index in [1.165, 1.54) is 10.4 Å². The summed E-state index contributed by atoms with van der Waals surface area (Å²) in [5.41, 5.74) is 2.10. The number of carbonyl (C=O) groups is 1. The Bertz CT molecular complexity index is 1470. The van der Waals surface area contributed by atoms with Crippen molar-refractivity contribution in [2.75, 3.05) is 27.4 Å². The molecule has 48 heavy (non-hydrogen) atoms. The molecule has 260 valence electrons. The Kier molecular flexibility index (Phi) is 12.2. The summed E-state index contributed by atoms with van der Waals surface area (Å²) in [4.78, 5) is 15.1. The smallest absolute Gasteiger partial charge is 0.410 e. The zero-order chi connectivity index (χ0) is 35.1. The maximum atomic E-state index is 13.4. The van der Waals surface area contributed by atoms with Gasteiger partial charge in [0, 0.05) is 19.6 Å². The number of hydrogen-bond donors (Lipinski definition) is 1. The summed E-state index contributed by atoms with van der Waals surface area (Å²) in [6.45, 7) is 17.8. The Morgan fingerprint density at radius 2 is 1.48 bits per heavy atom. The molecule has 1 unspecified atom stereocenters. The molecule has 2 atom stereocenters. The minimum absolute atomic E-state index is 0.0848. The highest BCUT2D eigenvalue weighted by Gasteiger charge is 2.50. The Morgan fingerprint density at radius 1 is 0.917 bits per heavy atom. The van der Waals surface area contributed by atoms with E-state index in [0.29, 0.717) is 43.9 Å². The van der Waals surface area contributed by atoms with Crippen LogP contribution in [-0.2, 0) is 15.6 Å². The number of aliphatic hydroxyl groups excluding tert-OH is 1. The number of ether oxygens (including phenoxy) is 3. The molecule has 0 saturated heterocycles. The van der Waals surface area contributed by atoms with Gasteiger partial charge in [-0.25, -0.2) is 4.79 Å². The van der Waals surface area contributed by atoms with E-state index < -0.39 is 32.2 Å². The van der Waals surface area contributed by atoms with Gasteiger partial charge in [-0.05, 0) is 90.7 Å². The molecule has 0 fully saturated rings. The Morgan fingerprint density at radius 3 is 2.00 bits per heavy atom. The van der Waals surface area contributed by atoms with Crippen LogP contribution in [0.4, 0.5) is 4.79 Å². The van der Waals surface area contributed by atoms with E-state index in [1.54, 1.807) is 19.1 Å². The summed E-state index contributed by atoms with van der Waals surface area (Å²) >= 11 is 0. The van der Waals surface area contributed by atoms with Crippen molar-refractivity contribution >= 4 is 24.8 Å². The van der Waals surface area contributed by atoms with Gasteiger partial charge in [0.25, 0.3) is 8.32 Å². The lowest BCUT2D eigenvalue weighted by Gasteiger charge is -2.43. The summed E-state index contributed by atoms with van der Waals surface area (Å²) in [5, 5.41) is 13.9. The van der Waals surface area contributed by atoms with E-state index in [2.05, 4.69) is 88.0 Å². The number of aliphatic hydroxyl groups is 1. The number of benzene rings is 3. The van der Waals surface area contributed by atoms with E-state index in [9.17, 15) is 9.90 Å². The molecule has 4 rings (SSSR count). The number of carbonyl (C=O) groups excluding carboxylic acids is 1. The third-order valence-corrected chi connectivity index (χ3v) is 14.2. The van der Waals surface area contributed by atoms with E-state index in [0.717, 1.165) is 29.5 Å². The van der Waals surface area contributed by atoms with Crippen LogP contribution in [0.2, 0.25) is 5.04 Å². The van der Waals surface area contributed by atoms with Gasteiger partial charge >= 0.3 is 6.09 Å². The minimum Gasteiger partial charge on any atom is -0.493 e. The number of fused-ring (bicyclic) bond motifs is 1. The predicted octanol–water partition coefficient (Wildman–Crippen LogP) is 7.59. The SMILES string of the molecule is C=C(CCCCO[Si](c1ccccc1)(c1ccccc1)C(C)(C)C)C(O)C[C@H]1c2cc(OC)c(OC)cc2CCN1C(=O)OC(C)(C)C. The standard InChI is InChI=1S/C40H55NO6Si/c1-29(18-16-17-25-46-48(40(5,6)7,31-19-12-10-13-20-31)32-21-14-11-15-22-32)35(42)28-34-33-27-37(45-9)36(44-8)26-30(33)23-24-41(34)38(43)47-39(2,3)4/h10-15,19-22,26-27,34-35,42H,1,16-18,23-25,28H2,2-9H3/t34-,35?/m0/s1. The third-order valence-electron chi connectivity index (χ3n) is 9.18. The molecule has 0 bridgehead atoms. The average molecular weight is 674 g/mol. The van der Waals surface area contributed by atoms with Crippen LogP contribution in [0.3, 0.4) is 0 Å². The summed E-state index contributed by atoms with van der Waals surface area (Å²) in [6.07, 6.45) is 2.07. The molecule has 0 aliphatic carbocycles.